The van der Waals surface area contributed by atoms with Crippen molar-refractivity contribution in [2.75, 3.05) is 30.1 Å². The van der Waals surface area contributed by atoms with Gasteiger partial charge in [0.1, 0.15) is 5.01 Å². The Morgan fingerprint density at radius 1 is 1.19 bits per heavy atom. The molecule has 3 aromatic rings. The van der Waals surface area contributed by atoms with E-state index in [-0.39, 0.29) is 11.7 Å². The Morgan fingerprint density at radius 2 is 1.93 bits per heavy atom. The minimum Gasteiger partial charge on any atom is -0.378 e. The second kappa shape index (κ2) is 8.49. The molecular formula is C17H21N7OS2. The van der Waals surface area contributed by atoms with Gasteiger partial charge in [0.15, 0.2) is 11.0 Å². The first kappa shape index (κ1) is 19.3. The first-order valence-corrected chi connectivity index (χ1v) is 10.2. The molecular weight excluding hydrogens is 382 g/mol. The minimum atomic E-state index is -0.140. The molecule has 2 heterocycles. The van der Waals surface area contributed by atoms with E-state index >= 15 is 0 Å². The van der Waals surface area contributed by atoms with Crippen LogP contribution in [0.4, 0.5) is 10.8 Å². The fourth-order valence-corrected chi connectivity index (χ4v) is 3.74. The van der Waals surface area contributed by atoms with Crippen molar-refractivity contribution in [1.29, 1.82) is 0 Å². The number of hydrogen-bond donors (Lipinski definition) is 1. The summed E-state index contributed by atoms with van der Waals surface area (Å²) in [6, 6.07) is 8.11. The standard InChI is InChI=1S/C17H21N7OS2/c1-5-14-19-21-16(27-14)18-13(25)10-26-17-22-20-15(24(17)4)11-6-8-12(9-7-11)23(2)3/h6-9H,5,10H2,1-4H3,(H,18,21,25). The first-order valence-electron chi connectivity index (χ1n) is 8.40. The summed E-state index contributed by atoms with van der Waals surface area (Å²) in [5, 5.41) is 21.3. The Labute approximate surface area is 166 Å². The van der Waals surface area contributed by atoms with Crippen molar-refractivity contribution >= 4 is 39.8 Å². The van der Waals surface area contributed by atoms with Crippen LogP contribution in [-0.2, 0) is 18.3 Å². The van der Waals surface area contributed by atoms with Crippen LogP contribution in [0.25, 0.3) is 11.4 Å². The summed E-state index contributed by atoms with van der Waals surface area (Å²) >= 11 is 2.73. The van der Waals surface area contributed by atoms with E-state index in [9.17, 15) is 4.79 Å². The molecule has 0 bridgehead atoms. The van der Waals surface area contributed by atoms with Crippen molar-refractivity contribution in [3.8, 4) is 11.4 Å². The summed E-state index contributed by atoms with van der Waals surface area (Å²) in [5.74, 6) is 0.852. The van der Waals surface area contributed by atoms with Gasteiger partial charge in [-0.3, -0.25) is 10.1 Å². The lowest BCUT2D eigenvalue weighted by Gasteiger charge is -2.12. The van der Waals surface area contributed by atoms with Crippen molar-refractivity contribution in [2.24, 2.45) is 7.05 Å². The number of anilines is 2. The van der Waals surface area contributed by atoms with Crippen LogP contribution < -0.4 is 10.2 Å². The summed E-state index contributed by atoms with van der Waals surface area (Å²) in [6.07, 6.45) is 0.805. The van der Waals surface area contributed by atoms with Crippen LogP contribution in [0.5, 0.6) is 0 Å². The zero-order valence-corrected chi connectivity index (χ0v) is 17.3. The molecule has 8 nitrogen and oxygen atoms in total. The molecule has 2 aromatic heterocycles. The lowest BCUT2D eigenvalue weighted by Crippen LogP contribution is -2.14. The van der Waals surface area contributed by atoms with Crippen molar-refractivity contribution in [1.82, 2.24) is 25.0 Å². The van der Waals surface area contributed by atoms with Gasteiger partial charge in [0, 0.05) is 32.4 Å². The normalized spacial score (nSPS) is 10.8. The van der Waals surface area contributed by atoms with Gasteiger partial charge in [-0.05, 0) is 30.7 Å². The number of hydrogen-bond acceptors (Lipinski definition) is 8. The van der Waals surface area contributed by atoms with Crippen LogP contribution in [-0.4, -0.2) is 50.7 Å². The summed E-state index contributed by atoms with van der Waals surface area (Å²) in [7, 11) is 5.90. The molecule has 10 heteroatoms. The Kier molecular flexibility index (Phi) is 6.07. The number of benzene rings is 1. The number of rotatable bonds is 7. The largest absolute Gasteiger partial charge is 0.378 e. The highest BCUT2D eigenvalue weighted by atomic mass is 32.2. The van der Waals surface area contributed by atoms with Gasteiger partial charge in [0.05, 0.1) is 5.75 Å². The van der Waals surface area contributed by atoms with Crippen LogP contribution in [0.2, 0.25) is 0 Å². The van der Waals surface area contributed by atoms with Crippen molar-refractivity contribution in [3.05, 3.63) is 29.3 Å². The van der Waals surface area contributed by atoms with Crippen LogP contribution in [0, 0.1) is 0 Å². The second-order valence-electron chi connectivity index (χ2n) is 6.00. The Balaban J connectivity index is 1.62. The van der Waals surface area contributed by atoms with Gasteiger partial charge in [-0.2, -0.15) is 0 Å². The summed E-state index contributed by atoms with van der Waals surface area (Å²) in [4.78, 5) is 14.2. The predicted molar refractivity (Wildman–Crippen MR) is 109 cm³/mol. The van der Waals surface area contributed by atoms with Crippen LogP contribution in [0.3, 0.4) is 0 Å². The number of nitrogens with zero attached hydrogens (tertiary/aromatic N) is 6. The SMILES string of the molecule is CCc1nnc(NC(=O)CSc2nnc(-c3ccc(N(C)C)cc3)n2C)s1. The minimum absolute atomic E-state index is 0.140. The van der Waals surface area contributed by atoms with E-state index < -0.39 is 0 Å². The van der Waals surface area contributed by atoms with E-state index in [0.717, 1.165) is 28.5 Å². The third-order valence-corrected chi connectivity index (χ3v) is 5.83. The van der Waals surface area contributed by atoms with Crippen molar-refractivity contribution in [3.63, 3.8) is 0 Å². The highest BCUT2D eigenvalue weighted by Crippen LogP contribution is 2.24. The van der Waals surface area contributed by atoms with E-state index in [2.05, 4.69) is 25.7 Å². The third-order valence-electron chi connectivity index (χ3n) is 3.82. The fourth-order valence-electron chi connectivity index (χ4n) is 2.33. The molecule has 0 unspecified atom stereocenters. The molecule has 0 atom stereocenters. The molecule has 0 radical (unpaired) electrons. The number of carbonyl (C=O) groups excluding carboxylic acids is 1. The maximum absolute atomic E-state index is 12.1. The summed E-state index contributed by atoms with van der Waals surface area (Å²) in [6.45, 7) is 2.00. The molecule has 1 amide bonds. The first-order chi connectivity index (χ1) is 13.0. The fraction of sp³-hybridized carbons (Fsp3) is 0.353. The number of thioether (sulfide) groups is 1. The number of aromatic nitrogens is 5. The highest BCUT2D eigenvalue weighted by molar-refractivity contribution is 7.99. The average molecular weight is 404 g/mol. The topological polar surface area (TPSA) is 88.8 Å². The van der Waals surface area contributed by atoms with Crippen LogP contribution in [0.1, 0.15) is 11.9 Å². The van der Waals surface area contributed by atoms with Gasteiger partial charge >= 0.3 is 0 Å². The molecule has 0 spiro atoms. The second-order valence-corrected chi connectivity index (χ2v) is 8.00. The molecule has 0 aliphatic carbocycles. The molecule has 27 heavy (non-hydrogen) atoms. The van der Waals surface area contributed by atoms with Gasteiger partial charge in [0.2, 0.25) is 11.0 Å². The van der Waals surface area contributed by atoms with Gasteiger partial charge < -0.3 is 9.47 Å². The maximum Gasteiger partial charge on any atom is 0.236 e. The Morgan fingerprint density at radius 3 is 2.56 bits per heavy atom. The number of nitrogens with one attached hydrogen (secondary N) is 1. The monoisotopic (exact) mass is 403 g/mol. The highest BCUT2D eigenvalue weighted by Gasteiger charge is 2.14. The summed E-state index contributed by atoms with van der Waals surface area (Å²) in [5.41, 5.74) is 2.10. The van der Waals surface area contributed by atoms with Gasteiger partial charge in [0.25, 0.3) is 0 Å². The van der Waals surface area contributed by atoms with E-state index in [1.54, 1.807) is 0 Å². The quantitative estimate of drug-likeness (QED) is 0.607. The Hall–Kier alpha value is -2.46. The maximum atomic E-state index is 12.1. The number of carbonyl (C=O) groups is 1. The molecule has 1 N–H and O–H groups in total. The molecule has 0 saturated carbocycles. The van der Waals surface area contributed by atoms with Gasteiger partial charge in [-0.1, -0.05) is 30.0 Å². The number of amides is 1. The molecule has 0 saturated heterocycles. The van der Waals surface area contributed by atoms with Gasteiger partial charge in [-0.25, -0.2) is 0 Å². The van der Waals surface area contributed by atoms with E-state index in [1.165, 1.54) is 23.1 Å². The van der Waals surface area contributed by atoms with Crippen LogP contribution in [0.15, 0.2) is 29.4 Å². The van der Waals surface area contributed by atoms with Gasteiger partial charge in [-0.15, -0.1) is 20.4 Å². The predicted octanol–water partition coefficient (Wildman–Crippen LogP) is 2.69. The van der Waals surface area contributed by atoms with Crippen LogP contribution >= 0.6 is 23.1 Å². The van der Waals surface area contributed by atoms with E-state index in [1.807, 2.05) is 61.8 Å². The molecule has 0 aliphatic rings. The van der Waals surface area contributed by atoms with Crippen molar-refractivity contribution in [2.45, 2.75) is 18.5 Å². The molecule has 1 aromatic carbocycles. The smallest absolute Gasteiger partial charge is 0.236 e. The van der Waals surface area contributed by atoms with E-state index in [4.69, 9.17) is 0 Å². The lowest BCUT2D eigenvalue weighted by atomic mass is 10.2. The van der Waals surface area contributed by atoms with E-state index in [0.29, 0.717) is 10.3 Å². The lowest BCUT2D eigenvalue weighted by molar-refractivity contribution is -0.113. The molecule has 0 fully saturated rings. The zero-order valence-electron chi connectivity index (χ0n) is 15.6. The van der Waals surface area contributed by atoms with Crippen molar-refractivity contribution < 1.29 is 4.79 Å². The average Bonchev–Trinajstić information content (AvgIpc) is 3.26. The zero-order chi connectivity index (χ0) is 19.4. The molecule has 142 valence electrons. The summed E-state index contributed by atoms with van der Waals surface area (Å²) < 4.78 is 1.89. The molecule has 3 rings (SSSR count). The molecule has 0 aliphatic heterocycles. The third kappa shape index (κ3) is 4.64. The Bertz CT molecular complexity index is 918. The number of aryl methyl sites for hydroxylation is 1.